The third-order valence-electron chi connectivity index (χ3n) is 7.12. The monoisotopic (exact) mass is 535 g/mol. The number of carboxylic acids is 1. The summed E-state index contributed by atoms with van der Waals surface area (Å²) in [4.78, 5) is 54.7. The van der Waals surface area contributed by atoms with Crippen molar-refractivity contribution in [1.82, 2.24) is 15.1 Å². The van der Waals surface area contributed by atoms with Crippen molar-refractivity contribution < 1.29 is 24.3 Å². The number of nitrogens with one attached hydrogen (secondary N) is 1. The van der Waals surface area contributed by atoms with E-state index in [4.69, 9.17) is 0 Å². The van der Waals surface area contributed by atoms with Crippen LogP contribution in [0.15, 0.2) is 70.3 Å². The van der Waals surface area contributed by atoms with Crippen LogP contribution >= 0.6 is 23.5 Å². The van der Waals surface area contributed by atoms with Crippen LogP contribution in [0.25, 0.3) is 10.8 Å². The van der Waals surface area contributed by atoms with Crippen molar-refractivity contribution in [3.8, 4) is 0 Å². The lowest BCUT2D eigenvalue weighted by atomic mass is 10.0. The number of carbonyl (C=O) groups is 4. The van der Waals surface area contributed by atoms with Crippen molar-refractivity contribution in [2.24, 2.45) is 0 Å². The molecule has 8 nitrogen and oxygen atoms in total. The molecule has 2 N–H and O–H groups in total. The number of nitrogens with zero attached hydrogens (tertiary/aromatic N) is 2. The molecule has 3 heterocycles. The minimum absolute atomic E-state index is 0.0318. The average Bonchev–Trinajstić information content (AvgIpc) is 3.68. The molecule has 10 heteroatoms. The first-order valence-electron chi connectivity index (χ1n) is 12.2. The molecule has 0 aromatic heterocycles. The number of amides is 3. The predicted octanol–water partition coefficient (Wildman–Crippen LogP) is 2.99. The smallest absolute Gasteiger partial charge is 0.352 e. The lowest BCUT2D eigenvalue weighted by Gasteiger charge is -2.49. The Bertz CT molecular complexity index is 1390. The molecular weight excluding hydrogens is 510 g/mol. The number of rotatable bonds is 7. The number of aliphatic carboxylic acids is 1. The average molecular weight is 536 g/mol. The fourth-order valence-corrected chi connectivity index (χ4v) is 7.34. The Balaban J connectivity index is 1.13. The van der Waals surface area contributed by atoms with Crippen LogP contribution in [0.3, 0.4) is 0 Å². The first-order chi connectivity index (χ1) is 17.9. The van der Waals surface area contributed by atoms with Gasteiger partial charge in [-0.15, -0.1) is 23.5 Å². The molecule has 2 aromatic rings. The van der Waals surface area contributed by atoms with E-state index in [0.717, 1.165) is 28.5 Å². The lowest BCUT2D eigenvalue weighted by Crippen LogP contribution is -2.70. The molecule has 2 aromatic carbocycles. The number of carbonyl (C=O) groups excluding carboxylic acids is 3. The van der Waals surface area contributed by atoms with E-state index >= 15 is 0 Å². The van der Waals surface area contributed by atoms with Crippen molar-refractivity contribution in [2.75, 3.05) is 18.1 Å². The Hall–Kier alpha value is -3.24. The summed E-state index contributed by atoms with van der Waals surface area (Å²) in [5.74, 6) is -1.45. The van der Waals surface area contributed by atoms with Gasteiger partial charge in [-0.1, -0.05) is 36.4 Å². The zero-order valence-corrected chi connectivity index (χ0v) is 21.5. The van der Waals surface area contributed by atoms with Gasteiger partial charge in [0.15, 0.2) is 0 Å². The van der Waals surface area contributed by atoms with Crippen LogP contribution in [0.1, 0.15) is 19.3 Å². The van der Waals surface area contributed by atoms with Crippen molar-refractivity contribution in [1.29, 1.82) is 0 Å². The second-order valence-electron chi connectivity index (χ2n) is 9.55. The number of allylic oxidation sites excluding steroid dienone is 1. The van der Waals surface area contributed by atoms with Gasteiger partial charge in [-0.05, 0) is 47.8 Å². The number of hydrogen-bond acceptors (Lipinski definition) is 6. The summed E-state index contributed by atoms with van der Waals surface area (Å²) in [6.45, 7) is 0.661. The van der Waals surface area contributed by atoms with Crippen molar-refractivity contribution in [2.45, 2.75) is 41.6 Å². The van der Waals surface area contributed by atoms with Gasteiger partial charge in [-0.3, -0.25) is 19.3 Å². The fourth-order valence-electron chi connectivity index (χ4n) is 5.15. The molecular formula is C27H25N3O5S2. The van der Waals surface area contributed by atoms with Crippen LogP contribution in [-0.4, -0.2) is 74.1 Å². The van der Waals surface area contributed by atoms with E-state index in [0.29, 0.717) is 35.9 Å². The van der Waals surface area contributed by atoms with Crippen LogP contribution in [0.2, 0.25) is 0 Å². The summed E-state index contributed by atoms with van der Waals surface area (Å²) < 4.78 is 0. The molecule has 2 saturated heterocycles. The summed E-state index contributed by atoms with van der Waals surface area (Å²) >= 11 is 2.81. The first-order valence-corrected chi connectivity index (χ1v) is 14.3. The van der Waals surface area contributed by atoms with E-state index in [-0.39, 0.29) is 23.3 Å². The molecule has 0 radical (unpaired) electrons. The number of thioether (sulfide) groups is 2. The highest BCUT2D eigenvalue weighted by atomic mass is 32.2. The Kier molecular flexibility index (Phi) is 6.24. The molecule has 0 unspecified atom stereocenters. The maximum atomic E-state index is 13.0. The van der Waals surface area contributed by atoms with E-state index < -0.39 is 23.3 Å². The lowest BCUT2D eigenvalue weighted by molar-refractivity contribution is -0.150. The van der Waals surface area contributed by atoms with Gasteiger partial charge in [0, 0.05) is 28.8 Å². The van der Waals surface area contributed by atoms with Crippen molar-refractivity contribution >= 4 is 58.0 Å². The third-order valence-corrected chi connectivity index (χ3v) is 9.49. The fraction of sp³-hybridized carbons (Fsp3) is 0.333. The number of β-lactam (4-membered cyclic amide) rings is 1. The topological polar surface area (TPSA) is 107 Å². The zero-order chi connectivity index (χ0) is 25.7. The van der Waals surface area contributed by atoms with Crippen LogP contribution in [-0.2, 0) is 19.2 Å². The summed E-state index contributed by atoms with van der Waals surface area (Å²) in [5.41, 5.74) is 0.983. The maximum Gasteiger partial charge on any atom is 0.352 e. The van der Waals surface area contributed by atoms with E-state index in [1.807, 2.05) is 47.4 Å². The van der Waals surface area contributed by atoms with Gasteiger partial charge in [0.1, 0.15) is 17.1 Å². The minimum Gasteiger partial charge on any atom is -0.477 e. The number of hydrogen-bond donors (Lipinski definition) is 2. The number of carboxylic acid groups (broad SMARTS) is 1. The van der Waals surface area contributed by atoms with E-state index in [9.17, 15) is 24.3 Å². The molecule has 4 aliphatic rings. The molecule has 1 saturated carbocycles. The summed E-state index contributed by atoms with van der Waals surface area (Å²) in [6, 6.07) is 13.4. The van der Waals surface area contributed by atoms with Crippen molar-refractivity contribution in [3.05, 3.63) is 65.4 Å². The number of fused-ring (bicyclic) bond motifs is 2. The SMILES string of the molecule is O=C(CSc1cccc2ccccc12)N[C@@H]1C(=O)N2C(C(=O)O)=C(/C=C3\CCN(C4CC4)C3=O)CS[C@H]12. The highest BCUT2D eigenvalue weighted by Crippen LogP contribution is 2.42. The Morgan fingerprint density at radius 1 is 1.14 bits per heavy atom. The molecule has 3 fully saturated rings. The number of benzene rings is 2. The Morgan fingerprint density at radius 2 is 1.92 bits per heavy atom. The van der Waals surface area contributed by atoms with Gasteiger partial charge in [-0.2, -0.15) is 0 Å². The second kappa shape index (κ2) is 9.57. The molecule has 3 aliphatic heterocycles. The molecule has 0 bridgehead atoms. The quantitative estimate of drug-likeness (QED) is 0.319. The zero-order valence-electron chi connectivity index (χ0n) is 19.9. The van der Waals surface area contributed by atoms with Crippen LogP contribution < -0.4 is 5.32 Å². The van der Waals surface area contributed by atoms with Gasteiger partial charge in [0.2, 0.25) is 11.8 Å². The molecule has 3 amide bonds. The molecule has 2 atom stereocenters. The predicted molar refractivity (Wildman–Crippen MR) is 142 cm³/mol. The summed E-state index contributed by atoms with van der Waals surface area (Å²) in [6.07, 6.45) is 4.29. The largest absolute Gasteiger partial charge is 0.477 e. The normalized spacial score (nSPS) is 24.5. The standard InChI is InChI=1S/C27H25N3O5S2/c31-21(14-36-20-7-3-5-15-4-1-2-6-19(15)20)28-22-25(33)30-23(27(34)35)17(13-37-26(22)30)12-16-10-11-29(24(16)32)18-8-9-18/h1-7,12,18,22,26H,8-11,13-14H2,(H,28,31)(H,34,35)/b16-12+/t22-,26-/m1/s1. The van der Waals surface area contributed by atoms with Crippen LogP contribution in [0.5, 0.6) is 0 Å². The van der Waals surface area contributed by atoms with Crippen LogP contribution in [0, 0.1) is 0 Å². The molecule has 37 heavy (non-hydrogen) atoms. The maximum absolute atomic E-state index is 13.0. The first kappa shape index (κ1) is 24.1. The molecule has 190 valence electrons. The minimum atomic E-state index is -1.20. The van der Waals surface area contributed by atoms with Gasteiger partial charge in [0.05, 0.1) is 5.75 Å². The second-order valence-corrected chi connectivity index (χ2v) is 11.7. The Labute approximate surface area is 222 Å². The van der Waals surface area contributed by atoms with Gasteiger partial charge in [-0.25, -0.2) is 4.79 Å². The van der Waals surface area contributed by atoms with Gasteiger partial charge >= 0.3 is 5.97 Å². The Morgan fingerprint density at radius 3 is 2.70 bits per heavy atom. The van der Waals surface area contributed by atoms with Crippen molar-refractivity contribution in [3.63, 3.8) is 0 Å². The highest BCUT2D eigenvalue weighted by Gasteiger charge is 2.54. The van der Waals surface area contributed by atoms with Gasteiger partial charge < -0.3 is 15.3 Å². The van der Waals surface area contributed by atoms with Gasteiger partial charge in [0.25, 0.3) is 5.91 Å². The van der Waals surface area contributed by atoms with E-state index in [2.05, 4.69) is 5.32 Å². The summed E-state index contributed by atoms with van der Waals surface area (Å²) in [7, 11) is 0. The molecule has 0 spiro atoms. The van der Waals surface area contributed by atoms with E-state index in [1.165, 1.54) is 28.4 Å². The number of likely N-dealkylation sites (tertiary alicyclic amines) is 1. The highest BCUT2D eigenvalue weighted by molar-refractivity contribution is 8.00. The van der Waals surface area contributed by atoms with E-state index in [1.54, 1.807) is 6.08 Å². The third kappa shape index (κ3) is 4.42. The molecule has 1 aliphatic carbocycles. The molecule has 6 rings (SSSR count). The van der Waals surface area contributed by atoms with Crippen LogP contribution in [0.4, 0.5) is 0 Å². The summed E-state index contributed by atoms with van der Waals surface area (Å²) in [5, 5.41) is 14.4.